The van der Waals surface area contributed by atoms with Gasteiger partial charge in [0, 0.05) is 5.56 Å². The maximum Gasteiger partial charge on any atom is 0.264 e. The van der Waals surface area contributed by atoms with E-state index in [0.717, 1.165) is 20.6 Å². The second kappa shape index (κ2) is 10.3. The van der Waals surface area contributed by atoms with Gasteiger partial charge in [0.2, 0.25) is 0 Å². The van der Waals surface area contributed by atoms with Gasteiger partial charge in [-0.2, -0.15) is 5.10 Å². The van der Waals surface area contributed by atoms with Crippen molar-refractivity contribution in [2.75, 3.05) is 10.8 Å². The number of hydrogen-bond acceptors (Lipinski definition) is 4. The highest BCUT2D eigenvalue weighted by molar-refractivity contribution is 7.92. The third-order valence-electron chi connectivity index (χ3n) is 5.03. The van der Waals surface area contributed by atoms with Crippen molar-refractivity contribution < 1.29 is 13.2 Å². The molecular weight excluding hydrogens is 493 g/mol. The van der Waals surface area contributed by atoms with E-state index in [4.69, 9.17) is 23.2 Å². The number of carbonyl (C=O) groups is 1. The lowest BCUT2D eigenvalue weighted by Gasteiger charge is -2.24. The van der Waals surface area contributed by atoms with Gasteiger partial charge in [-0.1, -0.05) is 83.9 Å². The fraction of sp³-hybridized carbons (Fsp3) is 0.0400. The molecule has 0 atom stereocenters. The highest BCUT2D eigenvalue weighted by atomic mass is 35.5. The molecular formula is C25H19Cl2N3O3S. The Morgan fingerprint density at radius 3 is 2.35 bits per heavy atom. The van der Waals surface area contributed by atoms with Crippen molar-refractivity contribution >= 4 is 61.8 Å². The van der Waals surface area contributed by atoms with Gasteiger partial charge in [-0.3, -0.25) is 9.10 Å². The minimum Gasteiger partial charge on any atom is -0.271 e. The van der Waals surface area contributed by atoms with Crippen molar-refractivity contribution in [3.63, 3.8) is 0 Å². The number of rotatable bonds is 7. The van der Waals surface area contributed by atoms with Crippen molar-refractivity contribution in [3.05, 3.63) is 107 Å². The topological polar surface area (TPSA) is 78.8 Å². The Labute approximate surface area is 207 Å². The second-order valence-electron chi connectivity index (χ2n) is 7.28. The van der Waals surface area contributed by atoms with E-state index in [2.05, 4.69) is 10.5 Å². The molecule has 0 aliphatic carbocycles. The summed E-state index contributed by atoms with van der Waals surface area (Å²) in [5, 5.41) is 6.49. The summed E-state index contributed by atoms with van der Waals surface area (Å²) in [6.45, 7) is -0.512. The minimum absolute atomic E-state index is 0.0353. The molecule has 1 N–H and O–H groups in total. The lowest BCUT2D eigenvalue weighted by atomic mass is 10.1. The van der Waals surface area contributed by atoms with Gasteiger partial charge in [0.15, 0.2) is 0 Å². The lowest BCUT2D eigenvalue weighted by molar-refractivity contribution is -0.119. The van der Waals surface area contributed by atoms with Crippen LogP contribution in [0.25, 0.3) is 10.8 Å². The van der Waals surface area contributed by atoms with Gasteiger partial charge in [-0.15, -0.1) is 0 Å². The molecule has 0 bridgehead atoms. The molecule has 0 aromatic heterocycles. The number of halogens is 2. The third kappa shape index (κ3) is 5.22. The summed E-state index contributed by atoms with van der Waals surface area (Å²) < 4.78 is 27.6. The largest absolute Gasteiger partial charge is 0.271 e. The van der Waals surface area contributed by atoms with Crippen LogP contribution in [0, 0.1) is 0 Å². The molecule has 0 fully saturated rings. The van der Waals surface area contributed by atoms with Crippen LogP contribution in [0.1, 0.15) is 5.56 Å². The molecule has 4 aromatic rings. The molecule has 0 spiro atoms. The van der Waals surface area contributed by atoms with Gasteiger partial charge in [0.25, 0.3) is 15.9 Å². The van der Waals surface area contributed by atoms with Crippen LogP contribution in [0.15, 0.2) is 101 Å². The van der Waals surface area contributed by atoms with Gasteiger partial charge in [-0.25, -0.2) is 13.8 Å². The third-order valence-corrected chi connectivity index (χ3v) is 7.55. The minimum atomic E-state index is -4.07. The van der Waals surface area contributed by atoms with Crippen LogP contribution < -0.4 is 9.73 Å². The fourth-order valence-electron chi connectivity index (χ4n) is 3.38. The van der Waals surface area contributed by atoms with Crippen molar-refractivity contribution in [2.45, 2.75) is 4.90 Å². The number of carbonyl (C=O) groups excluding carboxylic acids is 1. The Balaban J connectivity index is 1.59. The Morgan fingerprint density at radius 2 is 1.59 bits per heavy atom. The summed E-state index contributed by atoms with van der Waals surface area (Å²) in [4.78, 5) is 12.8. The predicted molar refractivity (Wildman–Crippen MR) is 137 cm³/mol. The molecule has 0 saturated carbocycles. The summed E-state index contributed by atoms with van der Waals surface area (Å²) in [5.74, 6) is -0.623. The Hall–Kier alpha value is -3.39. The summed E-state index contributed by atoms with van der Waals surface area (Å²) in [6, 6.07) is 25.7. The van der Waals surface area contributed by atoms with Crippen molar-refractivity contribution in [3.8, 4) is 0 Å². The van der Waals surface area contributed by atoms with E-state index >= 15 is 0 Å². The normalized spacial score (nSPS) is 11.6. The average molecular weight is 512 g/mol. The van der Waals surface area contributed by atoms with Gasteiger partial charge in [-0.05, 0) is 41.1 Å². The van der Waals surface area contributed by atoms with Crippen LogP contribution in [-0.4, -0.2) is 27.1 Å². The molecule has 0 unspecified atom stereocenters. The first-order valence-corrected chi connectivity index (χ1v) is 12.4. The van der Waals surface area contributed by atoms with Crippen LogP contribution in [0.5, 0.6) is 0 Å². The fourth-order valence-corrected chi connectivity index (χ4v) is 5.10. The highest BCUT2D eigenvalue weighted by Gasteiger charge is 2.27. The van der Waals surface area contributed by atoms with Crippen LogP contribution >= 0.6 is 23.2 Å². The standard InChI is InChI=1S/C25H19Cl2N3O3S/c26-23-14-13-20(15-24(23)27)30(34(32,33)21-10-2-1-3-11-21)17-25(31)29-28-16-19-9-6-8-18-7-4-5-12-22(18)19/h1-16H,17H2,(H,29,31)/b28-16-. The van der Waals surface area contributed by atoms with Crippen molar-refractivity contribution in [1.29, 1.82) is 0 Å². The van der Waals surface area contributed by atoms with E-state index in [-0.39, 0.29) is 20.6 Å². The number of anilines is 1. The summed E-state index contributed by atoms with van der Waals surface area (Å²) in [5.41, 5.74) is 3.43. The smallest absolute Gasteiger partial charge is 0.264 e. The van der Waals surface area contributed by atoms with E-state index in [1.165, 1.54) is 36.5 Å². The maximum absolute atomic E-state index is 13.3. The molecule has 0 heterocycles. The van der Waals surface area contributed by atoms with E-state index < -0.39 is 22.5 Å². The highest BCUT2D eigenvalue weighted by Crippen LogP contribution is 2.30. The van der Waals surface area contributed by atoms with Gasteiger partial charge in [0.1, 0.15) is 6.54 Å². The summed E-state index contributed by atoms with van der Waals surface area (Å²) in [7, 11) is -4.07. The predicted octanol–water partition coefficient (Wildman–Crippen LogP) is 5.49. The number of nitrogens with one attached hydrogen (secondary N) is 1. The monoisotopic (exact) mass is 511 g/mol. The molecule has 0 aliphatic rings. The van der Waals surface area contributed by atoms with Gasteiger partial charge < -0.3 is 0 Å². The second-order valence-corrected chi connectivity index (χ2v) is 9.96. The summed E-state index contributed by atoms with van der Waals surface area (Å²) >= 11 is 12.1. The number of amides is 1. The summed E-state index contributed by atoms with van der Waals surface area (Å²) in [6.07, 6.45) is 1.52. The maximum atomic E-state index is 13.3. The molecule has 4 rings (SSSR count). The first-order valence-electron chi connectivity index (χ1n) is 10.2. The van der Waals surface area contributed by atoms with E-state index in [0.29, 0.717) is 0 Å². The van der Waals surface area contributed by atoms with Gasteiger partial charge >= 0.3 is 0 Å². The molecule has 0 radical (unpaired) electrons. The molecule has 34 heavy (non-hydrogen) atoms. The first kappa shape index (κ1) is 23.8. The zero-order valence-corrected chi connectivity index (χ0v) is 20.1. The Kier molecular flexibility index (Phi) is 7.17. The molecule has 9 heteroatoms. The van der Waals surface area contributed by atoms with Crippen LogP contribution in [0.3, 0.4) is 0 Å². The first-order chi connectivity index (χ1) is 16.4. The Bertz CT molecular complexity index is 1470. The lowest BCUT2D eigenvalue weighted by Crippen LogP contribution is -2.39. The molecule has 172 valence electrons. The van der Waals surface area contributed by atoms with Crippen LogP contribution in [0.2, 0.25) is 10.0 Å². The molecule has 0 aliphatic heterocycles. The zero-order valence-electron chi connectivity index (χ0n) is 17.7. The van der Waals surface area contributed by atoms with Gasteiger partial charge in [0.05, 0.1) is 26.8 Å². The molecule has 0 saturated heterocycles. The van der Waals surface area contributed by atoms with Crippen molar-refractivity contribution in [2.24, 2.45) is 5.10 Å². The van der Waals surface area contributed by atoms with E-state index in [1.54, 1.807) is 18.2 Å². The van der Waals surface area contributed by atoms with E-state index in [1.807, 2.05) is 42.5 Å². The number of nitrogens with zero attached hydrogens (tertiary/aromatic N) is 2. The SMILES string of the molecule is O=C(CN(c1ccc(Cl)c(Cl)c1)S(=O)(=O)c1ccccc1)N/N=C\c1cccc2ccccc12. The van der Waals surface area contributed by atoms with Crippen molar-refractivity contribution in [1.82, 2.24) is 5.43 Å². The average Bonchev–Trinajstić information content (AvgIpc) is 2.85. The quantitative estimate of drug-likeness (QED) is 0.263. The van der Waals surface area contributed by atoms with Crippen LogP contribution in [0.4, 0.5) is 5.69 Å². The molecule has 4 aromatic carbocycles. The zero-order chi connectivity index (χ0) is 24.1. The van der Waals surface area contributed by atoms with Crippen LogP contribution in [-0.2, 0) is 14.8 Å². The number of hydrogen-bond donors (Lipinski definition) is 1. The molecule has 1 amide bonds. The number of hydrazone groups is 1. The number of benzene rings is 4. The van der Waals surface area contributed by atoms with E-state index in [9.17, 15) is 13.2 Å². The molecule has 6 nitrogen and oxygen atoms in total. The number of fused-ring (bicyclic) bond motifs is 1. The Morgan fingerprint density at radius 1 is 0.882 bits per heavy atom. The number of sulfonamides is 1.